The summed E-state index contributed by atoms with van der Waals surface area (Å²) >= 11 is 0. The van der Waals surface area contributed by atoms with Gasteiger partial charge in [-0.25, -0.2) is 15.8 Å². The summed E-state index contributed by atoms with van der Waals surface area (Å²) < 4.78 is 0. The first-order valence-electron chi connectivity index (χ1n) is 5.95. The molecule has 0 unspecified atom stereocenters. The Bertz CT molecular complexity index is 581. The Hall–Kier alpha value is -2.14. The van der Waals surface area contributed by atoms with Gasteiger partial charge < -0.3 is 10.3 Å². The van der Waals surface area contributed by atoms with Crippen LogP contribution >= 0.6 is 0 Å². The van der Waals surface area contributed by atoms with E-state index in [9.17, 15) is 0 Å². The molecule has 1 aromatic carbocycles. The number of para-hydroxylation sites is 1. The number of nitrogens with one attached hydrogen (secondary N) is 1. The highest BCUT2D eigenvalue weighted by Gasteiger charge is 2.23. The molecule has 1 aliphatic heterocycles. The van der Waals surface area contributed by atoms with Crippen molar-refractivity contribution in [1.29, 1.82) is 0 Å². The third-order valence-corrected chi connectivity index (χ3v) is 3.34. The van der Waals surface area contributed by atoms with Crippen LogP contribution in [0.3, 0.4) is 0 Å². The zero-order valence-corrected chi connectivity index (χ0v) is 10.2. The molecular weight excluding hydrogens is 226 g/mol. The molecule has 0 aliphatic carbocycles. The standard InChI is InChI=1S/C13H15N5/c1-9-12(17-14)15-8-16-13(9)18-7-6-10-4-2-3-5-11(10)18/h2-5,8H,6-7,14H2,1H3,(H,15,16,17). The van der Waals surface area contributed by atoms with E-state index >= 15 is 0 Å². The summed E-state index contributed by atoms with van der Waals surface area (Å²) in [6, 6.07) is 8.41. The van der Waals surface area contributed by atoms with Crippen LogP contribution in [0.2, 0.25) is 0 Å². The van der Waals surface area contributed by atoms with E-state index in [1.165, 1.54) is 11.3 Å². The average molecular weight is 241 g/mol. The zero-order valence-electron chi connectivity index (χ0n) is 10.2. The first-order valence-corrected chi connectivity index (χ1v) is 5.95. The zero-order chi connectivity index (χ0) is 12.5. The third-order valence-electron chi connectivity index (χ3n) is 3.34. The molecule has 1 aliphatic rings. The van der Waals surface area contributed by atoms with Crippen LogP contribution in [0.5, 0.6) is 0 Å². The van der Waals surface area contributed by atoms with Crippen LogP contribution in [0.1, 0.15) is 11.1 Å². The maximum atomic E-state index is 5.45. The quantitative estimate of drug-likeness (QED) is 0.619. The van der Waals surface area contributed by atoms with Gasteiger partial charge >= 0.3 is 0 Å². The number of hydrazine groups is 1. The monoisotopic (exact) mass is 241 g/mol. The number of anilines is 3. The molecule has 0 saturated heterocycles. The Morgan fingerprint density at radius 3 is 2.94 bits per heavy atom. The van der Waals surface area contributed by atoms with Crippen LogP contribution in [-0.4, -0.2) is 16.5 Å². The summed E-state index contributed by atoms with van der Waals surface area (Å²) in [7, 11) is 0. The molecule has 3 rings (SSSR count). The molecule has 92 valence electrons. The van der Waals surface area contributed by atoms with E-state index in [0.29, 0.717) is 5.82 Å². The van der Waals surface area contributed by atoms with Crippen molar-refractivity contribution in [2.24, 2.45) is 5.84 Å². The first-order chi connectivity index (χ1) is 8.81. The minimum absolute atomic E-state index is 0.671. The molecule has 0 radical (unpaired) electrons. The second-order valence-corrected chi connectivity index (χ2v) is 4.35. The van der Waals surface area contributed by atoms with Crippen LogP contribution < -0.4 is 16.2 Å². The summed E-state index contributed by atoms with van der Waals surface area (Å²) in [5, 5.41) is 0. The Balaban J connectivity index is 2.08. The highest BCUT2D eigenvalue weighted by Crippen LogP contribution is 2.35. The molecule has 0 saturated carbocycles. The Kier molecular flexibility index (Phi) is 2.60. The van der Waals surface area contributed by atoms with Gasteiger partial charge in [-0.3, -0.25) is 0 Å². The van der Waals surface area contributed by atoms with Crippen molar-refractivity contribution >= 4 is 17.3 Å². The lowest BCUT2D eigenvalue weighted by Crippen LogP contribution is -2.18. The van der Waals surface area contributed by atoms with Crippen LogP contribution in [0, 0.1) is 6.92 Å². The molecule has 3 N–H and O–H groups in total. The van der Waals surface area contributed by atoms with Crippen molar-refractivity contribution < 1.29 is 0 Å². The minimum atomic E-state index is 0.671. The lowest BCUT2D eigenvalue weighted by Gasteiger charge is -2.21. The molecule has 2 heterocycles. The molecule has 0 fully saturated rings. The van der Waals surface area contributed by atoms with Crippen LogP contribution in [0.15, 0.2) is 30.6 Å². The maximum Gasteiger partial charge on any atom is 0.148 e. The predicted octanol–water partition coefficient (Wildman–Crippen LogP) is 1.76. The molecule has 5 nitrogen and oxygen atoms in total. The van der Waals surface area contributed by atoms with Gasteiger partial charge in [-0.05, 0) is 25.0 Å². The molecule has 2 aromatic rings. The van der Waals surface area contributed by atoms with Gasteiger partial charge in [0, 0.05) is 17.8 Å². The Morgan fingerprint density at radius 1 is 1.28 bits per heavy atom. The van der Waals surface area contributed by atoms with E-state index in [-0.39, 0.29) is 0 Å². The predicted molar refractivity (Wildman–Crippen MR) is 71.7 cm³/mol. The maximum absolute atomic E-state index is 5.45. The van der Waals surface area contributed by atoms with Gasteiger partial charge in [0.25, 0.3) is 0 Å². The third kappa shape index (κ3) is 1.60. The van der Waals surface area contributed by atoms with E-state index in [1.807, 2.05) is 6.92 Å². The van der Waals surface area contributed by atoms with Gasteiger partial charge in [0.15, 0.2) is 0 Å². The molecule has 0 amide bonds. The van der Waals surface area contributed by atoms with Gasteiger partial charge in [-0.1, -0.05) is 18.2 Å². The molecule has 5 heteroatoms. The number of nitrogen functional groups attached to an aromatic ring is 1. The fraction of sp³-hybridized carbons (Fsp3) is 0.231. The fourth-order valence-corrected chi connectivity index (χ4v) is 2.42. The van der Waals surface area contributed by atoms with Crippen molar-refractivity contribution in [3.8, 4) is 0 Å². The first kappa shape index (κ1) is 11.0. The molecular formula is C13H15N5. The number of nitrogens with two attached hydrogens (primary N) is 1. The van der Waals surface area contributed by atoms with Crippen molar-refractivity contribution in [1.82, 2.24) is 9.97 Å². The SMILES string of the molecule is Cc1c(NN)ncnc1N1CCc2ccccc21. The number of hydrogen-bond acceptors (Lipinski definition) is 5. The van der Waals surface area contributed by atoms with E-state index < -0.39 is 0 Å². The van der Waals surface area contributed by atoms with Gasteiger partial charge in [-0.15, -0.1) is 0 Å². The number of rotatable bonds is 2. The van der Waals surface area contributed by atoms with Crippen molar-refractivity contribution in [3.63, 3.8) is 0 Å². The summed E-state index contributed by atoms with van der Waals surface area (Å²) in [6.07, 6.45) is 2.59. The average Bonchev–Trinajstić information content (AvgIpc) is 2.83. The van der Waals surface area contributed by atoms with E-state index in [0.717, 1.165) is 24.3 Å². The van der Waals surface area contributed by atoms with Gasteiger partial charge in [0.05, 0.1) is 0 Å². The topological polar surface area (TPSA) is 67.1 Å². The molecule has 0 bridgehead atoms. The number of hydrogen-bond donors (Lipinski definition) is 2. The van der Waals surface area contributed by atoms with Gasteiger partial charge in [-0.2, -0.15) is 0 Å². The molecule has 18 heavy (non-hydrogen) atoms. The summed E-state index contributed by atoms with van der Waals surface area (Å²) in [6.45, 7) is 2.92. The van der Waals surface area contributed by atoms with Gasteiger partial charge in [0.1, 0.15) is 18.0 Å². The summed E-state index contributed by atoms with van der Waals surface area (Å²) in [5.74, 6) is 7.04. The van der Waals surface area contributed by atoms with Crippen molar-refractivity contribution in [2.75, 3.05) is 16.9 Å². The molecule has 0 spiro atoms. The highest BCUT2D eigenvalue weighted by molar-refractivity contribution is 5.71. The van der Waals surface area contributed by atoms with Crippen LogP contribution in [0.25, 0.3) is 0 Å². The van der Waals surface area contributed by atoms with Crippen LogP contribution in [-0.2, 0) is 6.42 Å². The summed E-state index contributed by atoms with van der Waals surface area (Å²) in [4.78, 5) is 10.7. The largest absolute Gasteiger partial charge is 0.325 e. The number of aromatic nitrogens is 2. The second kappa shape index (κ2) is 4.27. The number of fused-ring (bicyclic) bond motifs is 1. The Labute approximate surface area is 106 Å². The smallest absolute Gasteiger partial charge is 0.148 e. The van der Waals surface area contributed by atoms with Crippen molar-refractivity contribution in [2.45, 2.75) is 13.3 Å². The van der Waals surface area contributed by atoms with Crippen LogP contribution in [0.4, 0.5) is 17.3 Å². The minimum Gasteiger partial charge on any atom is -0.325 e. The van der Waals surface area contributed by atoms with E-state index in [1.54, 1.807) is 6.33 Å². The molecule has 0 atom stereocenters. The number of benzene rings is 1. The lowest BCUT2D eigenvalue weighted by molar-refractivity contribution is 0.952. The van der Waals surface area contributed by atoms with E-state index in [4.69, 9.17) is 5.84 Å². The fourth-order valence-electron chi connectivity index (χ4n) is 2.42. The highest BCUT2D eigenvalue weighted by atomic mass is 15.3. The van der Waals surface area contributed by atoms with Crippen molar-refractivity contribution in [3.05, 3.63) is 41.7 Å². The second-order valence-electron chi connectivity index (χ2n) is 4.35. The lowest BCUT2D eigenvalue weighted by atomic mass is 10.2. The van der Waals surface area contributed by atoms with Gasteiger partial charge in [0.2, 0.25) is 0 Å². The summed E-state index contributed by atoms with van der Waals surface area (Å²) in [5.41, 5.74) is 6.16. The Morgan fingerprint density at radius 2 is 2.11 bits per heavy atom. The normalized spacial score (nSPS) is 13.6. The molecule has 1 aromatic heterocycles. The number of nitrogens with zero attached hydrogens (tertiary/aromatic N) is 3. The van der Waals surface area contributed by atoms with E-state index in [2.05, 4.69) is 44.6 Å².